The van der Waals surface area contributed by atoms with Crippen molar-refractivity contribution in [3.8, 4) is 17.2 Å². The minimum atomic E-state index is -0.227. The van der Waals surface area contributed by atoms with E-state index in [9.17, 15) is 0 Å². The minimum absolute atomic E-state index is 0.209. The number of aryl methyl sites for hydroxylation is 1. The van der Waals surface area contributed by atoms with E-state index >= 15 is 0 Å². The number of ether oxygens (including phenoxy) is 2. The van der Waals surface area contributed by atoms with Gasteiger partial charge in [0.2, 0.25) is 0 Å². The van der Waals surface area contributed by atoms with Crippen LogP contribution in [-0.4, -0.2) is 28.9 Å². The van der Waals surface area contributed by atoms with Crippen molar-refractivity contribution in [2.24, 2.45) is 0 Å². The lowest BCUT2D eigenvalue weighted by atomic mass is 9.96. The summed E-state index contributed by atoms with van der Waals surface area (Å²) in [6, 6.07) is 18.9. The number of benzene rings is 2. The molecule has 2 aromatic heterocycles. The van der Waals surface area contributed by atoms with Crippen molar-refractivity contribution in [3.05, 3.63) is 99.6 Å². The van der Waals surface area contributed by atoms with Crippen LogP contribution >= 0.6 is 35.4 Å². The lowest BCUT2D eigenvalue weighted by Crippen LogP contribution is -2.30. The molecule has 1 aliphatic heterocycles. The Hall–Kier alpha value is -3.26. The van der Waals surface area contributed by atoms with E-state index < -0.39 is 0 Å². The Bertz CT molecular complexity index is 1470. The van der Waals surface area contributed by atoms with Gasteiger partial charge in [0.25, 0.3) is 0 Å². The summed E-state index contributed by atoms with van der Waals surface area (Å²) in [5.41, 5.74) is 5.70. The fraction of sp³-hybridized carbons (Fsp3) is 0.214. The van der Waals surface area contributed by atoms with E-state index in [2.05, 4.69) is 39.7 Å². The molecule has 0 unspecified atom stereocenters. The number of anilines is 1. The van der Waals surface area contributed by atoms with E-state index in [1.807, 2.05) is 48.5 Å². The molecule has 0 radical (unpaired) electrons. The summed E-state index contributed by atoms with van der Waals surface area (Å²) in [6.07, 6.45) is 1.79. The number of hydrogen-bond donors (Lipinski definition) is 1. The highest BCUT2D eigenvalue weighted by atomic mass is 35.5. The summed E-state index contributed by atoms with van der Waals surface area (Å²) in [5.74, 6) is 1.39. The molecule has 190 valence electrons. The number of aromatic nitrogens is 2. The number of pyridine rings is 1. The average Bonchev–Trinajstić information content (AvgIpc) is 3.39. The molecule has 2 aromatic carbocycles. The zero-order chi connectivity index (χ0) is 26.3. The third-order valence-electron chi connectivity index (χ3n) is 6.68. The van der Waals surface area contributed by atoms with E-state index in [0.717, 1.165) is 34.0 Å². The zero-order valence-electron chi connectivity index (χ0n) is 20.8. The lowest BCUT2D eigenvalue weighted by molar-refractivity contribution is 0.403. The largest absolute Gasteiger partial charge is 0.497 e. The van der Waals surface area contributed by atoms with Gasteiger partial charge >= 0.3 is 0 Å². The average molecular weight is 554 g/mol. The Morgan fingerprint density at radius 2 is 1.76 bits per heavy atom. The van der Waals surface area contributed by atoms with E-state index in [1.165, 1.54) is 0 Å². The normalized spacial score (nSPS) is 17.1. The van der Waals surface area contributed by atoms with Crippen LogP contribution in [0, 0.1) is 13.8 Å². The molecule has 0 amide bonds. The van der Waals surface area contributed by atoms with Crippen molar-refractivity contribution in [2.75, 3.05) is 19.1 Å². The van der Waals surface area contributed by atoms with E-state index in [-0.39, 0.29) is 12.1 Å². The smallest absolute Gasteiger partial charge is 0.174 e. The second-order valence-electron chi connectivity index (χ2n) is 8.79. The summed E-state index contributed by atoms with van der Waals surface area (Å²) < 4.78 is 13.4. The molecule has 1 saturated heterocycles. The van der Waals surface area contributed by atoms with Crippen LogP contribution in [0.5, 0.6) is 11.5 Å². The molecule has 5 rings (SSSR count). The summed E-state index contributed by atoms with van der Waals surface area (Å²) in [6.45, 7) is 4.15. The lowest BCUT2D eigenvalue weighted by Gasteiger charge is -2.29. The molecule has 4 aromatic rings. The van der Waals surface area contributed by atoms with Crippen LogP contribution in [0.3, 0.4) is 0 Å². The van der Waals surface area contributed by atoms with Crippen molar-refractivity contribution in [3.63, 3.8) is 0 Å². The Morgan fingerprint density at radius 3 is 2.43 bits per heavy atom. The first-order valence-corrected chi connectivity index (χ1v) is 12.9. The molecule has 37 heavy (non-hydrogen) atoms. The van der Waals surface area contributed by atoms with E-state index in [1.54, 1.807) is 26.5 Å². The SMILES string of the molecule is COc1ccc(OC)c(N2C(=S)N[C@@H](c3ccccn3)[C@H]2c2cc(C)n(-c3ccc(Cl)cc3Cl)c2C)c1. The molecule has 9 heteroatoms. The molecule has 1 aliphatic rings. The molecule has 3 heterocycles. The van der Waals surface area contributed by atoms with Crippen molar-refractivity contribution in [1.29, 1.82) is 0 Å². The van der Waals surface area contributed by atoms with Gasteiger partial charge in [-0.2, -0.15) is 0 Å². The molecular formula is C28H26Cl2N4O2S. The number of halogens is 2. The Labute approximate surface area is 231 Å². The van der Waals surface area contributed by atoms with Crippen molar-refractivity contribution >= 4 is 46.2 Å². The monoisotopic (exact) mass is 552 g/mol. The van der Waals surface area contributed by atoms with Gasteiger partial charge in [0.15, 0.2) is 5.11 Å². The van der Waals surface area contributed by atoms with Crippen LogP contribution in [0.4, 0.5) is 5.69 Å². The molecule has 1 N–H and O–H groups in total. The summed E-state index contributed by atoms with van der Waals surface area (Å²) in [5, 5.41) is 5.26. The van der Waals surface area contributed by atoms with Gasteiger partial charge in [-0.1, -0.05) is 29.3 Å². The molecular weight excluding hydrogens is 527 g/mol. The highest BCUT2D eigenvalue weighted by molar-refractivity contribution is 7.80. The van der Waals surface area contributed by atoms with Crippen LogP contribution in [0.1, 0.15) is 34.7 Å². The van der Waals surface area contributed by atoms with Crippen LogP contribution in [0.25, 0.3) is 5.69 Å². The number of nitrogens with zero attached hydrogens (tertiary/aromatic N) is 3. The predicted molar refractivity (Wildman–Crippen MR) is 153 cm³/mol. The van der Waals surface area contributed by atoms with Gasteiger partial charge in [-0.25, -0.2) is 0 Å². The first-order chi connectivity index (χ1) is 17.8. The predicted octanol–water partition coefficient (Wildman–Crippen LogP) is 6.99. The van der Waals surface area contributed by atoms with Crippen LogP contribution in [0.15, 0.2) is 66.9 Å². The van der Waals surface area contributed by atoms with Gasteiger partial charge in [0, 0.05) is 28.7 Å². The van der Waals surface area contributed by atoms with Gasteiger partial charge in [-0.3, -0.25) is 4.98 Å². The molecule has 0 spiro atoms. The maximum absolute atomic E-state index is 6.63. The van der Waals surface area contributed by atoms with Gasteiger partial charge in [-0.15, -0.1) is 0 Å². The number of methoxy groups -OCH3 is 2. The highest BCUT2D eigenvalue weighted by Crippen LogP contribution is 2.47. The first kappa shape index (κ1) is 25.4. The summed E-state index contributed by atoms with van der Waals surface area (Å²) in [4.78, 5) is 6.76. The van der Waals surface area contributed by atoms with Gasteiger partial charge in [-0.05, 0) is 80.2 Å². The van der Waals surface area contributed by atoms with E-state index in [4.69, 9.17) is 44.9 Å². The third-order valence-corrected chi connectivity index (χ3v) is 7.54. The number of hydrogen-bond acceptors (Lipinski definition) is 4. The van der Waals surface area contributed by atoms with Crippen LogP contribution in [-0.2, 0) is 0 Å². The molecule has 6 nitrogen and oxygen atoms in total. The molecule has 0 saturated carbocycles. The minimum Gasteiger partial charge on any atom is -0.497 e. The maximum atomic E-state index is 6.63. The van der Waals surface area contributed by atoms with Crippen molar-refractivity contribution in [2.45, 2.75) is 25.9 Å². The number of nitrogens with one attached hydrogen (secondary N) is 1. The molecule has 0 aliphatic carbocycles. The fourth-order valence-corrected chi connectivity index (χ4v) is 5.87. The quantitative estimate of drug-likeness (QED) is 0.260. The number of rotatable bonds is 6. The van der Waals surface area contributed by atoms with Crippen molar-refractivity contribution in [1.82, 2.24) is 14.9 Å². The zero-order valence-corrected chi connectivity index (χ0v) is 23.2. The standard InChI is InChI=1S/C28H26Cl2N4O2S/c1-16-13-20(17(2)33(16)23-10-8-18(29)14-21(23)30)27-26(22-7-5-6-12-31-22)32-28(37)34(27)24-15-19(35-3)9-11-25(24)36-4/h5-15,26-27H,1-4H3,(H,32,37)/t26-,27+/m0/s1. The molecule has 1 fully saturated rings. The maximum Gasteiger partial charge on any atom is 0.174 e. The van der Waals surface area contributed by atoms with Gasteiger partial charge in [0.1, 0.15) is 11.5 Å². The Kier molecular flexibility index (Phi) is 7.03. The Morgan fingerprint density at radius 1 is 0.946 bits per heavy atom. The van der Waals surface area contributed by atoms with E-state index in [0.29, 0.717) is 26.7 Å². The van der Waals surface area contributed by atoms with Gasteiger partial charge in [0.05, 0.1) is 48.4 Å². The second kappa shape index (κ2) is 10.2. The van der Waals surface area contributed by atoms with Crippen LogP contribution in [0.2, 0.25) is 10.0 Å². The first-order valence-electron chi connectivity index (χ1n) is 11.7. The Balaban J connectivity index is 1.73. The summed E-state index contributed by atoms with van der Waals surface area (Å²) >= 11 is 18.7. The second-order valence-corrected chi connectivity index (χ2v) is 10.0. The number of thiocarbonyl (C=S) groups is 1. The van der Waals surface area contributed by atoms with Crippen LogP contribution < -0.4 is 19.7 Å². The highest BCUT2D eigenvalue weighted by Gasteiger charge is 2.43. The molecule has 2 atom stereocenters. The van der Waals surface area contributed by atoms with Gasteiger partial charge < -0.3 is 24.3 Å². The molecule has 0 bridgehead atoms. The fourth-order valence-electron chi connectivity index (χ4n) is 5.04. The van der Waals surface area contributed by atoms with Crippen molar-refractivity contribution < 1.29 is 9.47 Å². The topological polar surface area (TPSA) is 51.6 Å². The summed E-state index contributed by atoms with van der Waals surface area (Å²) in [7, 11) is 3.29. The third kappa shape index (κ3) is 4.52.